The van der Waals surface area contributed by atoms with Gasteiger partial charge in [0.2, 0.25) is 6.79 Å². The van der Waals surface area contributed by atoms with Crippen LogP contribution >= 0.6 is 0 Å². The van der Waals surface area contributed by atoms with Gasteiger partial charge in [0.15, 0.2) is 17.3 Å². The fraction of sp³-hybridized carbons (Fsp3) is 0.407. The van der Waals surface area contributed by atoms with Gasteiger partial charge in [0.05, 0.1) is 18.6 Å². The van der Waals surface area contributed by atoms with E-state index in [0.29, 0.717) is 37.3 Å². The molecule has 9 heteroatoms. The zero-order valence-electron chi connectivity index (χ0n) is 20.4. The first kappa shape index (κ1) is 24.0. The van der Waals surface area contributed by atoms with Crippen molar-refractivity contribution in [1.29, 1.82) is 10.8 Å². The Morgan fingerprint density at radius 3 is 2.72 bits per heavy atom. The Bertz CT molecular complexity index is 1230. The lowest BCUT2D eigenvalue weighted by Gasteiger charge is -2.32. The summed E-state index contributed by atoms with van der Waals surface area (Å²) in [6.45, 7) is 6.06. The lowest BCUT2D eigenvalue weighted by atomic mass is 9.89. The van der Waals surface area contributed by atoms with E-state index in [0.717, 1.165) is 55.8 Å². The first-order chi connectivity index (χ1) is 17.6. The maximum atomic E-state index is 8.03. The molecule has 1 saturated heterocycles. The third-order valence-corrected chi connectivity index (χ3v) is 6.55. The van der Waals surface area contributed by atoms with Gasteiger partial charge in [-0.2, -0.15) is 0 Å². The SMILES string of the molecule is CCOC(=N)OC(=N)c1cc2c(OCCCN3CCC(c4ccc5c(c4)OCO5)CC3)cccc2o1. The van der Waals surface area contributed by atoms with Gasteiger partial charge in [0.25, 0.3) is 5.90 Å². The minimum Gasteiger partial charge on any atom is -0.493 e. The number of hydrogen-bond donors (Lipinski definition) is 2. The largest absolute Gasteiger partial charge is 0.493 e. The second-order valence-electron chi connectivity index (χ2n) is 8.86. The van der Waals surface area contributed by atoms with E-state index in [9.17, 15) is 0 Å². The van der Waals surface area contributed by atoms with Gasteiger partial charge in [-0.15, -0.1) is 0 Å². The predicted octanol–water partition coefficient (Wildman–Crippen LogP) is 5.12. The van der Waals surface area contributed by atoms with Crippen molar-refractivity contribution >= 4 is 23.0 Å². The van der Waals surface area contributed by atoms with E-state index in [1.54, 1.807) is 13.0 Å². The van der Waals surface area contributed by atoms with E-state index >= 15 is 0 Å². The van der Waals surface area contributed by atoms with Crippen molar-refractivity contribution in [3.63, 3.8) is 0 Å². The van der Waals surface area contributed by atoms with Crippen molar-refractivity contribution in [2.75, 3.05) is 39.6 Å². The van der Waals surface area contributed by atoms with Crippen LogP contribution in [0.15, 0.2) is 46.9 Å². The molecule has 9 nitrogen and oxygen atoms in total. The van der Waals surface area contributed by atoms with Crippen molar-refractivity contribution in [1.82, 2.24) is 4.90 Å². The number of rotatable bonds is 8. The molecule has 0 unspecified atom stereocenters. The van der Waals surface area contributed by atoms with Gasteiger partial charge in [-0.1, -0.05) is 12.1 Å². The van der Waals surface area contributed by atoms with E-state index in [1.165, 1.54) is 5.56 Å². The molecule has 0 atom stereocenters. The van der Waals surface area contributed by atoms with E-state index in [4.69, 9.17) is 38.9 Å². The third-order valence-electron chi connectivity index (χ3n) is 6.55. The molecule has 2 aliphatic rings. The average Bonchev–Trinajstić information content (AvgIpc) is 3.54. The fourth-order valence-electron chi connectivity index (χ4n) is 4.70. The van der Waals surface area contributed by atoms with Gasteiger partial charge in [0.1, 0.15) is 11.3 Å². The maximum Gasteiger partial charge on any atom is 0.387 e. The molecule has 190 valence electrons. The number of piperidine rings is 1. The number of nitrogens with one attached hydrogen (secondary N) is 2. The number of furan rings is 1. The predicted molar refractivity (Wildman–Crippen MR) is 135 cm³/mol. The average molecular weight is 494 g/mol. The van der Waals surface area contributed by atoms with E-state index < -0.39 is 6.08 Å². The number of hydrogen-bond acceptors (Lipinski definition) is 9. The number of fused-ring (bicyclic) bond motifs is 2. The molecule has 3 heterocycles. The minimum absolute atomic E-state index is 0.218. The zero-order chi connectivity index (χ0) is 24.9. The molecule has 1 aromatic heterocycles. The van der Waals surface area contributed by atoms with Gasteiger partial charge in [-0.05, 0) is 75.0 Å². The standard InChI is InChI=1S/C27H31N3O6/c1-2-31-27(29)36-26(28)25-16-20-21(5-3-6-22(20)35-25)32-14-4-11-30-12-9-18(10-13-30)19-7-8-23-24(15-19)34-17-33-23/h3,5-8,15-16,18,28-29H,2,4,9-14,17H2,1H3. The molecule has 0 amide bonds. The van der Waals surface area contributed by atoms with Crippen LogP contribution in [0.2, 0.25) is 0 Å². The number of nitrogens with zero attached hydrogens (tertiary/aromatic N) is 1. The summed E-state index contributed by atoms with van der Waals surface area (Å²) in [6, 6.07) is 13.6. The first-order valence-corrected chi connectivity index (χ1v) is 12.4. The highest BCUT2D eigenvalue weighted by molar-refractivity contribution is 5.99. The summed E-state index contributed by atoms with van der Waals surface area (Å²) >= 11 is 0. The molecule has 0 aliphatic carbocycles. The summed E-state index contributed by atoms with van der Waals surface area (Å²) in [6.07, 6.45) is 2.75. The molecular weight excluding hydrogens is 462 g/mol. The summed E-state index contributed by atoms with van der Waals surface area (Å²) in [5.74, 6) is 2.90. The van der Waals surface area contributed by atoms with Crippen LogP contribution in [-0.2, 0) is 9.47 Å². The van der Waals surface area contributed by atoms with Crippen molar-refractivity contribution in [3.05, 3.63) is 53.8 Å². The second kappa shape index (κ2) is 10.9. The second-order valence-corrected chi connectivity index (χ2v) is 8.86. The Morgan fingerprint density at radius 1 is 1.06 bits per heavy atom. The Labute approximate surface area is 209 Å². The van der Waals surface area contributed by atoms with Crippen LogP contribution in [0.3, 0.4) is 0 Å². The monoisotopic (exact) mass is 493 g/mol. The fourth-order valence-corrected chi connectivity index (χ4v) is 4.70. The molecule has 5 rings (SSSR count). The Hall–Kier alpha value is -3.72. The lowest BCUT2D eigenvalue weighted by molar-refractivity contribution is 0.173. The quantitative estimate of drug-likeness (QED) is 0.254. The molecular formula is C27H31N3O6. The molecule has 3 aromatic rings. The molecule has 36 heavy (non-hydrogen) atoms. The van der Waals surface area contributed by atoms with E-state index in [-0.39, 0.29) is 11.7 Å². The lowest BCUT2D eigenvalue weighted by Crippen LogP contribution is -2.34. The summed E-state index contributed by atoms with van der Waals surface area (Å²) in [7, 11) is 0. The maximum absolute atomic E-state index is 8.03. The summed E-state index contributed by atoms with van der Waals surface area (Å²) in [5.41, 5.74) is 1.94. The normalized spacial score (nSPS) is 15.7. The highest BCUT2D eigenvalue weighted by atomic mass is 16.7. The van der Waals surface area contributed by atoms with Crippen molar-refractivity contribution < 1.29 is 28.1 Å². The van der Waals surface area contributed by atoms with Gasteiger partial charge in [0, 0.05) is 12.6 Å². The number of benzene rings is 2. The molecule has 1 fully saturated rings. The molecule has 2 aromatic carbocycles. The van der Waals surface area contributed by atoms with Crippen molar-refractivity contribution in [3.8, 4) is 17.2 Å². The zero-order valence-corrected chi connectivity index (χ0v) is 20.4. The van der Waals surface area contributed by atoms with Crippen molar-refractivity contribution in [2.24, 2.45) is 0 Å². The molecule has 2 N–H and O–H groups in total. The highest BCUT2D eigenvalue weighted by Gasteiger charge is 2.23. The summed E-state index contributed by atoms with van der Waals surface area (Å²) < 4.78 is 32.7. The smallest absolute Gasteiger partial charge is 0.387 e. The van der Waals surface area contributed by atoms with Crippen LogP contribution in [0.5, 0.6) is 17.2 Å². The highest BCUT2D eigenvalue weighted by Crippen LogP contribution is 2.37. The van der Waals surface area contributed by atoms with Gasteiger partial charge in [-0.25, -0.2) is 5.41 Å². The van der Waals surface area contributed by atoms with Crippen LogP contribution in [0, 0.1) is 10.8 Å². The molecule has 0 saturated carbocycles. The summed E-state index contributed by atoms with van der Waals surface area (Å²) in [5, 5.41) is 16.4. The molecule has 0 spiro atoms. The number of likely N-dealkylation sites (tertiary alicyclic amines) is 1. The van der Waals surface area contributed by atoms with Crippen LogP contribution < -0.4 is 14.2 Å². The Balaban J connectivity index is 1.09. The van der Waals surface area contributed by atoms with E-state index in [2.05, 4.69) is 17.0 Å². The van der Waals surface area contributed by atoms with Crippen molar-refractivity contribution in [2.45, 2.75) is 32.1 Å². The molecule has 0 radical (unpaired) electrons. The van der Waals surface area contributed by atoms with Gasteiger partial charge < -0.3 is 33.0 Å². The first-order valence-electron chi connectivity index (χ1n) is 12.4. The number of ether oxygens (including phenoxy) is 5. The minimum atomic E-state index is -0.431. The third kappa shape index (κ3) is 5.41. The van der Waals surface area contributed by atoms with Crippen LogP contribution in [0.4, 0.5) is 0 Å². The Kier molecular flexibility index (Phi) is 7.27. The van der Waals surface area contributed by atoms with Gasteiger partial charge in [-0.3, -0.25) is 5.41 Å². The topological polar surface area (TPSA) is 110 Å². The molecule has 2 aliphatic heterocycles. The van der Waals surface area contributed by atoms with Crippen LogP contribution in [0.1, 0.15) is 43.4 Å². The van der Waals surface area contributed by atoms with Crippen LogP contribution in [0.25, 0.3) is 11.0 Å². The molecule has 0 bridgehead atoms. The van der Waals surface area contributed by atoms with Gasteiger partial charge >= 0.3 is 6.08 Å². The summed E-state index contributed by atoms with van der Waals surface area (Å²) in [4.78, 5) is 2.50. The van der Waals surface area contributed by atoms with E-state index in [1.807, 2.05) is 24.3 Å². The van der Waals surface area contributed by atoms with Crippen LogP contribution in [-0.4, -0.2) is 56.5 Å². The Morgan fingerprint density at radius 2 is 1.89 bits per heavy atom.